The van der Waals surface area contributed by atoms with Crippen molar-refractivity contribution in [2.75, 3.05) is 0 Å². The van der Waals surface area contributed by atoms with Gasteiger partial charge in [-0.15, -0.1) is 0 Å². The third-order valence-corrected chi connectivity index (χ3v) is 2.65. The number of phosphoric acid groups is 1. The molecule has 0 aromatic carbocycles. The largest absolute Gasteiger partial charge is 0.526 e. The van der Waals surface area contributed by atoms with Gasteiger partial charge >= 0.3 is 15.4 Å². The van der Waals surface area contributed by atoms with Crippen LogP contribution in [0.2, 0.25) is 0 Å². The quantitative estimate of drug-likeness (QED) is 0.523. The van der Waals surface area contributed by atoms with Crippen LogP contribution in [0.15, 0.2) is 18.3 Å². The fraction of sp³-hybridized carbons (Fsp3) is 0. The summed E-state index contributed by atoms with van der Waals surface area (Å²) in [4.78, 5) is 37.8. The maximum Gasteiger partial charge on any atom is 0.526 e. The van der Waals surface area contributed by atoms with Gasteiger partial charge in [-0.25, -0.2) is 9.55 Å². The molecule has 10 heteroatoms. The first-order chi connectivity index (χ1) is 6.70. The summed E-state index contributed by atoms with van der Waals surface area (Å²) >= 11 is 0. The Balaban J connectivity index is 3.20. The highest BCUT2D eigenvalue weighted by atomic mass is 31.2. The van der Waals surface area contributed by atoms with Crippen molar-refractivity contribution in [1.82, 2.24) is 4.98 Å². The average Bonchev–Trinajstić information content (AvgIpc) is 1.99. The lowest BCUT2D eigenvalue weighted by atomic mass is 10.5. The van der Waals surface area contributed by atoms with Crippen molar-refractivity contribution in [3.8, 4) is 5.88 Å². The number of hydrogen-bond acceptors (Lipinski definition) is 4. The molecule has 0 fully saturated rings. The monoisotopic (exact) mass is 255 g/mol. The second-order valence-corrected chi connectivity index (χ2v) is 5.19. The molecule has 8 nitrogen and oxygen atoms in total. The molecule has 0 spiro atoms. The van der Waals surface area contributed by atoms with E-state index >= 15 is 0 Å². The van der Waals surface area contributed by atoms with Crippen molar-refractivity contribution < 1.29 is 33.2 Å². The van der Waals surface area contributed by atoms with Crippen molar-refractivity contribution in [3.63, 3.8) is 0 Å². The summed E-state index contributed by atoms with van der Waals surface area (Å²) < 4.78 is 25.3. The molecule has 0 aliphatic carbocycles. The van der Waals surface area contributed by atoms with E-state index in [1.54, 1.807) is 0 Å². The second-order valence-electron chi connectivity index (χ2n) is 2.45. The Morgan fingerprint density at radius 2 is 1.80 bits per heavy atom. The van der Waals surface area contributed by atoms with Crippen LogP contribution in [-0.2, 0) is 9.13 Å². The van der Waals surface area contributed by atoms with Gasteiger partial charge in [0.2, 0.25) is 5.88 Å². The Kier molecular flexibility index (Phi) is 3.30. The topological polar surface area (TPSA) is 137 Å². The molecule has 0 aliphatic rings. The van der Waals surface area contributed by atoms with Crippen molar-refractivity contribution in [3.05, 3.63) is 18.3 Å². The fourth-order valence-corrected chi connectivity index (χ4v) is 1.86. The summed E-state index contributed by atoms with van der Waals surface area (Å²) in [7, 11) is -9.56. The first-order valence-electron chi connectivity index (χ1n) is 3.46. The van der Waals surface area contributed by atoms with Gasteiger partial charge in [-0.3, -0.25) is 14.4 Å². The second kappa shape index (κ2) is 4.02. The van der Waals surface area contributed by atoms with Gasteiger partial charge < -0.3 is 14.3 Å². The van der Waals surface area contributed by atoms with E-state index in [0.29, 0.717) is 0 Å². The first kappa shape index (κ1) is 12.3. The predicted molar refractivity (Wildman–Crippen MR) is 48.6 cm³/mol. The van der Waals surface area contributed by atoms with Crippen molar-refractivity contribution in [2.24, 2.45) is 0 Å². The van der Waals surface area contributed by atoms with Crippen LogP contribution in [0.3, 0.4) is 0 Å². The lowest BCUT2D eigenvalue weighted by Gasteiger charge is -2.10. The van der Waals surface area contributed by atoms with Crippen molar-refractivity contribution in [2.45, 2.75) is 0 Å². The molecule has 0 saturated carbocycles. The molecule has 0 bridgehead atoms. The molecule has 1 rings (SSSR count). The van der Waals surface area contributed by atoms with E-state index in [2.05, 4.69) is 9.51 Å². The van der Waals surface area contributed by atoms with Crippen LogP contribution < -0.4 is 9.83 Å². The minimum atomic E-state index is -4.89. The maximum atomic E-state index is 10.9. The molecule has 84 valence electrons. The zero-order valence-electron chi connectivity index (χ0n) is 7.09. The van der Waals surface area contributed by atoms with E-state index in [9.17, 15) is 9.13 Å². The third-order valence-electron chi connectivity index (χ3n) is 1.27. The highest BCUT2D eigenvalue weighted by Crippen LogP contribution is 2.41. The summed E-state index contributed by atoms with van der Waals surface area (Å²) in [5.41, 5.74) is 0. The van der Waals surface area contributed by atoms with E-state index in [4.69, 9.17) is 19.6 Å². The van der Waals surface area contributed by atoms with E-state index in [1.807, 2.05) is 0 Å². The Morgan fingerprint density at radius 3 is 2.27 bits per heavy atom. The zero-order chi connectivity index (χ0) is 11.7. The van der Waals surface area contributed by atoms with Crippen LogP contribution in [0.4, 0.5) is 0 Å². The van der Waals surface area contributed by atoms with Crippen molar-refractivity contribution in [1.29, 1.82) is 0 Å². The van der Waals surface area contributed by atoms with Gasteiger partial charge in [0.25, 0.3) is 0 Å². The van der Waals surface area contributed by atoms with Gasteiger partial charge in [-0.05, 0) is 12.1 Å². The minimum Gasteiger partial charge on any atom is -0.385 e. The Bertz CT molecular complexity index is 448. The van der Waals surface area contributed by atoms with Gasteiger partial charge in [0.1, 0.15) is 5.30 Å². The number of pyridine rings is 1. The van der Waals surface area contributed by atoms with Gasteiger partial charge in [0, 0.05) is 6.20 Å². The first-order valence-corrected chi connectivity index (χ1v) is 6.61. The fourth-order valence-electron chi connectivity index (χ4n) is 0.787. The molecule has 0 amide bonds. The number of aromatic nitrogens is 1. The molecular weight excluding hydrogens is 248 g/mol. The van der Waals surface area contributed by atoms with E-state index < -0.39 is 26.6 Å². The molecule has 15 heavy (non-hydrogen) atoms. The average molecular weight is 255 g/mol. The van der Waals surface area contributed by atoms with Gasteiger partial charge in [-0.2, -0.15) is 0 Å². The lowest BCUT2D eigenvalue weighted by Crippen LogP contribution is -2.10. The van der Waals surface area contributed by atoms with E-state index in [0.717, 1.165) is 12.3 Å². The summed E-state index contributed by atoms with van der Waals surface area (Å²) in [6.45, 7) is 0. The summed E-state index contributed by atoms with van der Waals surface area (Å²) in [6.07, 6.45) is 1.09. The highest BCUT2D eigenvalue weighted by molar-refractivity contribution is 7.60. The van der Waals surface area contributed by atoms with E-state index in [-0.39, 0.29) is 0 Å². The van der Waals surface area contributed by atoms with Crippen LogP contribution in [0.25, 0.3) is 0 Å². The lowest BCUT2D eigenvalue weighted by molar-refractivity contribution is 0.280. The molecule has 0 aliphatic heterocycles. The van der Waals surface area contributed by atoms with Crippen LogP contribution in [0.1, 0.15) is 0 Å². The molecule has 0 saturated heterocycles. The Morgan fingerprint density at radius 1 is 1.20 bits per heavy atom. The predicted octanol–water partition coefficient (Wildman–Crippen LogP) is -0.644. The minimum absolute atomic E-state index is 0.673. The Hall–Kier alpha value is -0.750. The number of phosphoric ester groups is 1. The zero-order valence-corrected chi connectivity index (χ0v) is 8.88. The standard InChI is InChI=1S/C5H7NO7P2/c7-14(8,9)4-2-1-3-6-5(4)13-15(10,11)12/h1-3H,(H2,7,8,9)(H2,10,11,12). The molecule has 1 aromatic heterocycles. The summed E-state index contributed by atoms with van der Waals surface area (Å²) in [6, 6.07) is 2.18. The SMILES string of the molecule is O=P(O)(O)Oc1ncccc1P(=O)(O)O. The molecular formula is C5H7NO7P2. The Labute approximate surface area is 84.0 Å². The summed E-state index contributed by atoms with van der Waals surface area (Å²) in [5.74, 6) is -0.779. The molecule has 1 heterocycles. The smallest absolute Gasteiger partial charge is 0.385 e. The molecule has 0 atom stereocenters. The van der Waals surface area contributed by atoms with Crippen LogP contribution >= 0.6 is 15.4 Å². The van der Waals surface area contributed by atoms with Gasteiger partial charge in [-0.1, -0.05) is 0 Å². The molecule has 0 unspecified atom stereocenters. The van der Waals surface area contributed by atoms with E-state index in [1.165, 1.54) is 6.07 Å². The third kappa shape index (κ3) is 3.71. The summed E-state index contributed by atoms with van der Waals surface area (Å²) in [5, 5.41) is -0.673. The maximum absolute atomic E-state index is 10.9. The number of rotatable bonds is 3. The highest BCUT2D eigenvalue weighted by Gasteiger charge is 2.27. The van der Waals surface area contributed by atoms with Gasteiger partial charge in [0.15, 0.2) is 0 Å². The van der Waals surface area contributed by atoms with Crippen molar-refractivity contribution >= 4 is 20.7 Å². The number of nitrogens with zero attached hydrogens (tertiary/aromatic N) is 1. The van der Waals surface area contributed by atoms with Crippen LogP contribution in [0, 0.1) is 0 Å². The normalized spacial score (nSPS) is 12.5. The molecule has 0 radical (unpaired) electrons. The molecule has 4 N–H and O–H groups in total. The van der Waals surface area contributed by atoms with Crippen LogP contribution in [0.5, 0.6) is 5.88 Å². The number of hydrogen-bond donors (Lipinski definition) is 4. The molecule has 1 aromatic rings. The van der Waals surface area contributed by atoms with Gasteiger partial charge in [0.05, 0.1) is 0 Å². The van der Waals surface area contributed by atoms with Crippen LogP contribution in [-0.4, -0.2) is 24.6 Å².